The van der Waals surface area contributed by atoms with Crippen LogP contribution in [0.3, 0.4) is 0 Å². The van der Waals surface area contributed by atoms with Gasteiger partial charge in [-0.2, -0.15) is 0 Å². The standard InChI is InChI=1S/C24H24O5/c25-23(15-7-17-27-20-11-2-1-3-12-20)29-24(26)16-8-18-28-22-14-6-10-19-9-4-5-13-21(19)22/h1-6,9-14H,7-8,15-18H2. The lowest BCUT2D eigenvalue weighted by atomic mass is 10.1. The largest absolute Gasteiger partial charge is 0.494 e. The highest BCUT2D eigenvalue weighted by molar-refractivity contribution is 5.88. The lowest BCUT2D eigenvalue weighted by Gasteiger charge is -2.09. The second-order valence-electron chi connectivity index (χ2n) is 6.54. The predicted molar refractivity (Wildman–Crippen MR) is 111 cm³/mol. The fourth-order valence-corrected chi connectivity index (χ4v) is 2.87. The smallest absolute Gasteiger partial charge is 0.313 e. The molecule has 0 aliphatic rings. The van der Waals surface area contributed by atoms with E-state index in [4.69, 9.17) is 14.2 Å². The van der Waals surface area contributed by atoms with Gasteiger partial charge in [0.2, 0.25) is 0 Å². The third-order valence-corrected chi connectivity index (χ3v) is 4.30. The van der Waals surface area contributed by atoms with Crippen molar-refractivity contribution in [3.63, 3.8) is 0 Å². The van der Waals surface area contributed by atoms with E-state index in [1.807, 2.05) is 72.8 Å². The number of rotatable bonds is 10. The summed E-state index contributed by atoms with van der Waals surface area (Å²) in [5, 5.41) is 2.14. The zero-order valence-electron chi connectivity index (χ0n) is 16.2. The lowest BCUT2D eigenvalue weighted by Crippen LogP contribution is -2.14. The van der Waals surface area contributed by atoms with Gasteiger partial charge in [0.05, 0.1) is 13.2 Å². The van der Waals surface area contributed by atoms with Gasteiger partial charge in [-0.1, -0.05) is 54.6 Å². The highest BCUT2D eigenvalue weighted by Gasteiger charge is 2.10. The number of carbonyl (C=O) groups excluding carboxylic acids is 2. The zero-order chi connectivity index (χ0) is 20.3. The molecule has 0 radical (unpaired) electrons. The van der Waals surface area contributed by atoms with Crippen molar-refractivity contribution < 1.29 is 23.8 Å². The van der Waals surface area contributed by atoms with E-state index in [-0.39, 0.29) is 12.8 Å². The van der Waals surface area contributed by atoms with Crippen LogP contribution in [0.4, 0.5) is 0 Å². The van der Waals surface area contributed by atoms with Crippen LogP contribution in [0.1, 0.15) is 25.7 Å². The Kier molecular flexibility index (Phi) is 7.63. The molecule has 0 N–H and O–H groups in total. The molecule has 0 saturated heterocycles. The van der Waals surface area contributed by atoms with Gasteiger partial charge in [-0.15, -0.1) is 0 Å². The van der Waals surface area contributed by atoms with E-state index in [0.717, 1.165) is 22.3 Å². The second kappa shape index (κ2) is 10.9. The molecule has 0 bridgehead atoms. The Bertz CT molecular complexity index is 931. The first-order valence-electron chi connectivity index (χ1n) is 9.74. The van der Waals surface area contributed by atoms with Crippen molar-refractivity contribution in [3.05, 3.63) is 72.8 Å². The third kappa shape index (κ3) is 6.64. The van der Waals surface area contributed by atoms with Gasteiger partial charge in [0.1, 0.15) is 11.5 Å². The molecular formula is C24H24O5. The van der Waals surface area contributed by atoms with Gasteiger partial charge in [-0.25, -0.2) is 0 Å². The average Bonchev–Trinajstić information content (AvgIpc) is 2.75. The molecule has 150 valence electrons. The Labute approximate surface area is 170 Å². The minimum Gasteiger partial charge on any atom is -0.494 e. The highest BCUT2D eigenvalue weighted by Crippen LogP contribution is 2.25. The summed E-state index contributed by atoms with van der Waals surface area (Å²) in [5.41, 5.74) is 0. The van der Waals surface area contributed by atoms with Gasteiger partial charge < -0.3 is 14.2 Å². The van der Waals surface area contributed by atoms with E-state index in [2.05, 4.69) is 0 Å². The monoisotopic (exact) mass is 392 g/mol. The van der Waals surface area contributed by atoms with Crippen molar-refractivity contribution in [2.75, 3.05) is 13.2 Å². The molecule has 5 nitrogen and oxygen atoms in total. The highest BCUT2D eigenvalue weighted by atomic mass is 16.6. The minimum absolute atomic E-state index is 0.136. The fourth-order valence-electron chi connectivity index (χ4n) is 2.87. The minimum atomic E-state index is -0.527. The summed E-state index contributed by atoms with van der Waals surface area (Å²) >= 11 is 0. The third-order valence-electron chi connectivity index (χ3n) is 4.30. The van der Waals surface area contributed by atoms with Crippen LogP contribution >= 0.6 is 0 Å². The molecule has 5 heteroatoms. The molecule has 29 heavy (non-hydrogen) atoms. The number of fused-ring (bicyclic) bond motifs is 1. The number of carbonyl (C=O) groups is 2. The van der Waals surface area contributed by atoms with Crippen molar-refractivity contribution in [2.45, 2.75) is 25.7 Å². The van der Waals surface area contributed by atoms with Gasteiger partial charge in [0, 0.05) is 18.2 Å². The molecule has 0 heterocycles. The van der Waals surface area contributed by atoms with Gasteiger partial charge in [0.25, 0.3) is 0 Å². The molecule has 3 aromatic rings. The Morgan fingerprint density at radius 3 is 2.03 bits per heavy atom. The Morgan fingerprint density at radius 1 is 0.655 bits per heavy atom. The fraction of sp³-hybridized carbons (Fsp3) is 0.250. The van der Waals surface area contributed by atoms with Crippen LogP contribution in [0.2, 0.25) is 0 Å². The van der Waals surface area contributed by atoms with E-state index in [0.29, 0.717) is 26.1 Å². The lowest BCUT2D eigenvalue weighted by molar-refractivity contribution is -0.159. The Balaban J connectivity index is 1.30. The summed E-state index contributed by atoms with van der Waals surface area (Å²) in [6.07, 6.45) is 1.25. The van der Waals surface area contributed by atoms with Crippen LogP contribution in [0, 0.1) is 0 Å². The molecule has 0 aliphatic heterocycles. The molecule has 0 saturated carbocycles. The van der Waals surface area contributed by atoms with Crippen LogP contribution in [0.25, 0.3) is 10.8 Å². The van der Waals surface area contributed by atoms with Crippen molar-refractivity contribution in [2.24, 2.45) is 0 Å². The predicted octanol–water partition coefficient (Wildman–Crippen LogP) is 4.93. The summed E-state index contributed by atoms with van der Waals surface area (Å²) in [7, 11) is 0. The molecule has 0 amide bonds. The average molecular weight is 392 g/mol. The number of esters is 2. The summed E-state index contributed by atoms with van der Waals surface area (Å²) in [6.45, 7) is 0.772. The molecule has 0 aliphatic carbocycles. The first-order valence-corrected chi connectivity index (χ1v) is 9.74. The maximum atomic E-state index is 11.8. The zero-order valence-corrected chi connectivity index (χ0v) is 16.2. The van der Waals surface area contributed by atoms with E-state index in [1.54, 1.807) is 0 Å². The van der Waals surface area contributed by atoms with Crippen LogP contribution < -0.4 is 9.47 Å². The molecule has 0 spiro atoms. The second-order valence-corrected chi connectivity index (χ2v) is 6.54. The van der Waals surface area contributed by atoms with Gasteiger partial charge in [-0.3, -0.25) is 9.59 Å². The number of para-hydroxylation sites is 1. The summed E-state index contributed by atoms with van der Waals surface area (Å²) in [5.74, 6) is 0.483. The first kappa shape index (κ1) is 20.4. The molecule has 0 fully saturated rings. The van der Waals surface area contributed by atoms with Crippen molar-refractivity contribution in [1.29, 1.82) is 0 Å². The van der Waals surface area contributed by atoms with E-state index >= 15 is 0 Å². The maximum Gasteiger partial charge on any atom is 0.313 e. The molecule has 0 aromatic heterocycles. The van der Waals surface area contributed by atoms with Crippen LogP contribution in [0.5, 0.6) is 11.5 Å². The summed E-state index contributed by atoms with van der Waals surface area (Å²) < 4.78 is 16.1. The normalized spacial score (nSPS) is 10.5. The quantitative estimate of drug-likeness (QED) is 0.278. The van der Waals surface area contributed by atoms with Gasteiger partial charge in [0.15, 0.2) is 0 Å². The van der Waals surface area contributed by atoms with Crippen molar-refractivity contribution in [1.82, 2.24) is 0 Å². The van der Waals surface area contributed by atoms with Gasteiger partial charge >= 0.3 is 11.9 Å². The molecule has 3 rings (SSSR count). The topological polar surface area (TPSA) is 61.8 Å². The van der Waals surface area contributed by atoms with E-state index in [1.165, 1.54) is 0 Å². The van der Waals surface area contributed by atoms with Crippen LogP contribution in [0.15, 0.2) is 72.8 Å². The Morgan fingerprint density at radius 2 is 1.28 bits per heavy atom. The number of benzene rings is 3. The number of ether oxygens (including phenoxy) is 3. The van der Waals surface area contributed by atoms with Crippen LogP contribution in [-0.4, -0.2) is 25.2 Å². The number of hydrogen-bond acceptors (Lipinski definition) is 5. The number of hydrogen-bond donors (Lipinski definition) is 0. The summed E-state index contributed by atoms with van der Waals surface area (Å²) in [4.78, 5) is 23.5. The molecule has 3 aromatic carbocycles. The maximum absolute atomic E-state index is 11.8. The SMILES string of the molecule is O=C(CCCOc1ccccc1)OC(=O)CCCOc1cccc2ccccc12. The van der Waals surface area contributed by atoms with Crippen LogP contribution in [-0.2, 0) is 14.3 Å². The summed E-state index contributed by atoms with van der Waals surface area (Å²) in [6, 6.07) is 23.2. The molecular weight excluding hydrogens is 368 g/mol. The van der Waals surface area contributed by atoms with Gasteiger partial charge in [-0.05, 0) is 36.4 Å². The Hall–Kier alpha value is -3.34. The molecule has 0 atom stereocenters. The van der Waals surface area contributed by atoms with E-state index < -0.39 is 11.9 Å². The van der Waals surface area contributed by atoms with Crippen molar-refractivity contribution in [3.8, 4) is 11.5 Å². The van der Waals surface area contributed by atoms with Crippen molar-refractivity contribution >= 4 is 22.7 Å². The molecule has 0 unspecified atom stereocenters. The van der Waals surface area contributed by atoms with E-state index in [9.17, 15) is 9.59 Å². The first-order chi connectivity index (χ1) is 14.2.